The fourth-order valence-corrected chi connectivity index (χ4v) is 4.86. The molecule has 2 aromatic heterocycles. The summed E-state index contributed by atoms with van der Waals surface area (Å²) in [7, 11) is 0. The number of fused-ring (bicyclic) bond motifs is 1. The first-order chi connectivity index (χ1) is 18.4. The Bertz CT molecular complexity index is 1480. The molecular formula is C30H30FN5O2. The van der Waals surface area contributed by atoms with Crippen LogP contribution in [0.15, 0.2) is 59.1 Å². The number of carbonyl (C=O) groups is 1. The zero-order valence-corrected chi connectivity index (χ0v) is 21.6. The van der Waals surface area contributed by atoms with Gasteiger partial charge in [0, 0.05) is 42.5 Å². The first kappa shape index (κ1) is 25.4. The van der Waals surface area contributed by atoms with E-state index in [1.54, 1.807) is 36.5 Å². The molecule has 0 spiro atoms. The molecule has 0 bridgehead atoms. The highest BCUT2D eigenvalue weighted by Gasteiger charge is 2.21. The summed E-state index contributed by atoms with van der Waals surface area (Å²) in [6, 6.07) is 16.5. The number of halogens is 1. The molecule has 0 saturated carbocycles. The molecule has 1 amide bonds. The van der Waals surface area contributed by atoms with Crippen molar-refractivity contribution >= 4 is 22.8 Å². The van der Waals surface area contributed by atoms with E-state index in [0.29, 0.717) is 46.1 Å². The fourth-order valence-electron chi connectivity index (χ4n) is 4.86. The van der Waals surface area contributed by atoms with Crippen LogP contribution in [0.5, 0.6) is 0 Å². The molecule has 2 aromatic carbocycles. The Morgan fingerprint density at radius 1 is 1.18 bits per heavy atom. The number of benzene rings is 2. The van der Waals surface area contributed by atoms with Crippen molar-refractivity contribution in [3.8, 4) is 17.5 Å². The number of rotatable bonds is 7. The van der Waals surface area contributed by atoms with Crippen molar-refractivity contribution < 1.29 is 13.6 Å². The van der Waals surface area contributed by atoms with Crippen LogP contribution >= 0.6 is 0 Å². The van der Waals surface area contributed by atoms with Crippen molar-refractivity contribution in [2.24, 2.45) is 5.92 Å². The number of hydrogen-bond acceptors (Lipinski definition) is 6. The maximum Gasteiger partial charge on any atom is 0.251 e. The molecule has 0 aliphatic carbocycles. The molecule has 3 heterocycles. The highest BCUT2D eigenvalue weighted by atomic mass is 19.1. The first-order valence-corrected chi connectivity index (χ1v) is 12.9. The van der Waals surface area contributed by atoms with Gasteiger partial charge in [0.05, 0.1) is 11.6 Å². The highest BCUT2D eigenvalue weighted by Crippen LogP contribution is 2.31. The van der Waals surface area contributed by atoms with E-state index in [0.717, 1.165) is 42.9 Å². The van der Waals surface area contributed by atoms with E-state index in [-0.39, 0.29) is 11.8 Å². The van der Waals surface area contributed by atoms with Crippen LogP contribution in [-0.2, 0) is 6.67 Å². The number of anilines is 1. The second-order valence-corrected chi connectivity index (χ2v) is 10.1. The number of nitriles is 1. The van der Waals surface area contributed by atoms with Crippen LogP contribution in [0.2, 0.25) is 0 Å². The lowest BCUT2D eigenvalue weighted by Gasteiger charge is -2.33. The average molecular weight is 512 g/mol. The molecule has 1 N–H and O–H groups in total. The van der Waals surface area contributed by atoms with Gasteiger partial charge in [0.25, 0.3) is 5.91 Å². The van der Waals surface area contributed by atoms with E-state index in [4.69, 9.17) is 4.42 Å². The van der Waals surface area contributed by atoms with Gasteiger partial charge in [0.1, 0.15) is 18.0 Å². The minimum atomic E-state index is -0.490. The van der Waals surface area contributed by atoms with E-state index in [2.05, 4.69) is 40.1 Å². The Labute approximate surface area is 221 Å². The van der Waals surface area contributed by atoms with Gasteiger partial charge >= 0.3 is 0 Å². The SMILES string of the molecule is CC(C)c1cc(C#N)cc2nc(-c3ccc(C(=O)NCC4CCN(c5cc(CF)ccn5)CC4)cc3)oc12. The molecule has 1 fully saturated rings. The van der Waals surface area contributed by atoms with Gasteiger partial charge in [0.2, 0.25) is 5.89 Å². The number of pyridine rings is 1. The number of piperidine rings is 1. The molecule has 0 atom stereocenters. The van der Waals surface area contributed by atoms with Gasteiger partial charge in [-0.25, -0.2) is 14.4 Å². The highest BCUT2D eigenvalue weighted by molar-refractivity contribution is 5.94. The van der Waals surface area contributed by atoms with E-state index in [9.17, 15) is 14.4 Å². The summed E-state index contributed by atoms with van der Waals surface area (Å²) in [4.78, 5) is 23.9. The lowest BCUT2D eigenvalue weighted by molar-refractivity contribution is 0.0945. The summed E-state index contributed by atoms with van der Waals surface area (Å²) < 4.78 is 19.0. The molecule has 38 heavy (non-hydrogen) atoms. The van der Waals surface area contributed by atoms with Crippen LogP contribution in [0, 0.1) is 17.2 Å². The molecule has 8 heteroatoms. The molecule has 7 nitrogen and oxygen atoms in total. The van der Waals surface area contributed by atoms with Crippen molar-refractivity contribution in [1.82, 2.24) is 15.3 Å². The smallest absolute Gasteiger partial charge is 0.251 e. The van der Waals surface area contributed by atoms with Gasteiger partial charge in [-0.15, -0.1) is 0 Å². The Kier molecular flexibility index (Phi) is 7.36. The largest absolute Gasteiger partial charge is 0.436 e. The standard InChI is InChI=1S/C30H30FN5O2/c1-19(2)25-13-22(17-32)14-26-28(25)38-30(35-26)24-5-3-23(4-6-24)29(37)34-18-20-8-11-36(12-9-20)27-15-21(16-31)7-10-33-27/h3-7,10,13-15,19-20H,8-9,11-12,16,18H2,1-2H3,(H,34,37). The van der Waals surface area contributed by atoms with E-state index < -0.39 is 6.67 Å². The quantitative estimate of drug-likeness (QED) is 0.327. The minimum absolute atomic E-state index is 0.116. The molecule has 1 aliphatic rings. The number of oxazole rings is 1. The molecule has 0 radical (unpaired) electrons. The molecular weight excluding hydrogens is 481 g/mol. The van der Waals surface area contributed by atoms with Crippen molar-refractivity contribution in [2.45, 2.75) is 39.3 Å². The van der Waals surface area contributed by atoms with Gasteiger partial charge in [-0.3, -0.25) is 4.79 Å². The minimum Gasteiger partial charge on any atom is -0.436 e. The Morgan fingerprint density at radius 2 is 1.95 bits per heavy atom. The molecule has 0 unspecified atom stereocenters. The van der Waals surface area contributed by atoms with Gasteiger partial charge in [-0.2, -0.15) is 5.26 Å². The lowest BCUT2D eigenvalue weighted by atomic mass is 9.96. The zero-order chi connectivity index (χ0) is 26.6. The summed E-state index contributed by atoms with van der Waals surface area (Å²) >= 11 is 0. The van der Waals surface area contributed by atoms with Crippen LogP contribution in [0.3, 0.4) is 0 Å². The number of nitrogens with one attached hydrogen (secondary N) is 1. The number of alkyl halides is 1. The van der Waals surface area contributed by atoms with Crippen molar-refractivity contribution in [1.29, 1.82) is 5.26 Å². The summed E-state index contributed by atoms with van der Waals surface area (Å²) in [6.07, 6.45) is 3.52. The normalized spacial score (nSPS) is 14.1. The third-order valence-corrected chi connectivity index (χ3v) is 7.12. The fraction of sp³-hybridized carbons (Fsp3) is 0.333. The second-order valence-electron chi connectivity index (χ2n) is 10.1. The van der Waals surface area contributed by atoms with E-state index in [1.807, 2.05) is 18.2 Å². The predicted molar refractivity (Wildman–Crippen MR) is 145 cm³/mol. The number of nitrogens with zero attached hydrogens (tertiary/aromatic N) is 4. The van der Waals surface area contributed by atoms with Gasteiger partial charge in [-0.05, 0) is 78.8 Å². The zero-order valence-electron chi connectivity index (χ0n) is 21.6. The predicted octanol–water partition coefficient (Wildman–Crippen LogP) is 6.00. The number of hydrogen-bond donors (Lipinski definition) is 1. The molecule has 5 rings (SSSR count). The molecule has 194 valence electrons. The lowest BCUT2D eigenvalue weighted by Crippen LogP contribution is -2.39. The molecule has 1 saturated heterocycles. The number of amides is 1. The average Bonchev–Trinajstić information content (AvgIpc) is 3.40. The van der Waals surface area contributed by atoms with Crippen molar-refractivity contribution in [2.75, 3.05) is 24.5 Å². The summed E-state index contributed by atoms with van der Waals surface area (Å²) in [5.74, 6) is 1.73. The van der Waals surface area contributed by atoms with Gasteiger partial charge in [-0.1, -0.05) is 13.8 Å². The Hall–Kier alpha value is -4.25. The Morgan fingerprint density at radius 3 is 2.63 bits per heavy atom. The summed E-state index contributed by atoms with van der Waals surface area (Å²) in [5, 5.41) is 12.4. The number of carbonyl (C=O) groups excluding carboxylic acids is 1. The van der Waals surface area contributed by atoms with Crippen molar-refractivity contribution in [3.63, 3.8) is 0 Å². The first-order valence-electron chi connectivity index (χ1n) is 12.9. The molecule has 1 aliphatic heterocycles. The van der Waals surface area contributed by atoms with Gasteiger partial charge < -0.3 is 14.6 Å². The monoisotopic (exact) mass is 511 g/mol. The second kappa shape index (κ2) is 11.0. The van der Waals surface area contributed by atoms with Crippen LogP contribution in [-0.4, -0.2) is 35.5 Å². The number of aromatic nitrogens is 2. The van der Waals surface area contributed by atoms with Crippen LogP contribution in [0.25, 0.3) is 22.6 Å². The Balaban J connectivity index is 1.19. The maximum absolute atomic E-state index is 13.0. The van der Waals surface area contributed by atoms with Gasteiger partial charge in [0.15, 0.2) is 5.58 Å². The maximum atomic E-state index is 13.0. The van der Waals surface area contributed by atoms with Crippen LogP contribution in [0.1, 0.15) is 59.7 Å². The topological polar surface area (TPSA) is 95.0 Å². The summed E-state index contributed by atoms with van der Waals surface area (Å²) in [5.41, 5.74) is 4.83. The van der Waals surface area contributed by atoms with E-state index in [1.165, 1.54) is 0 Å². The third kappa shape index (κ3) is 5.37. The third-order valence-electron chi connectivity index (χ3n) is 7.12. The van der Waals surface area contributed by atoms with Crippen LogP contribution in [0.4, 0.5) is 10.2 Å². The van der Waals surface area contributed by atoms with Crippen LogP contribution < -0.4 is 10.2 Å². The van der Waals surface area contributed by atoms with Crippen molar-refractivity contribution in [3.05, 3.63) is 77.0 Å². The van der Waals surface area contributed by atoms with E-state index >= 15 is 0 Å². The summed E-state index contributed by atoms with van der Waals surface area (Å²) in [6.45, 7) is 5.89. The molecule has 4 aromatic rings.